The number of esters is 1. The maximum absolute atomic E-state index is 13.2. The van der Waals surface area contributed by atoms with E-state index in [2.05, 4.69) is 15.1 Å². The number of aliphatic imine (C=N–C) groups is 1. The van der Waals surface area contributed by atoms with E-state index >= 15 is 0 Å². The number of carbonyl (C=O) groups is 2. The number of hydrogen-bond acceptors (Lipinski definition) is 11. The molecule has 4 heterocycles. The molecule has 2 aromatic rings. The molecule has 2 aliphatic heterocycles. The molecule has 2 unspecified atom stereocenters. The lowest BCUT2D eigenvalue weighted by molar-refractivity contribution is -0.689. The van der Waals surface area contributed by atoms with Crippen LogP contribution in [0.5, 0.6) is 0 Å². The van der Waals surface area contributed by atoms with E-state index in [1.807, 2.05) is 41.4 Å². The van der Waals surface area contributed by atoms with Gasteiger partial charge in [0.2, 0.25) is 5.60 Å². The molecule has 0 saturated carbocycles. The first kappa shape index (κ1) is 27.6. The molecule has 2 N–H and O–H groups in total. The largest absolute Gasteiger partial charge is 0.857 e. The Hall–Kier alpha value is -3.45. The van der Waals surface area contributed by atoms with Gasteiger partial charge in [-0.2, -0.15) is 0 Å². The summed E-state index contributed by atoms with van der Waals surface area (Å²) < 4.78 is 7.41. The number of carbonyl (C=O) groups excluding carboxylic acids is 2. The molecule has 0 aliphatic carbocycles. The number of anilines is 1. The van der Waals surface area contributed by atoms with Gasteiger partial charge in [-0.05, 0) is 34.6 Å². The quantitative estimate of drug-likeness (QED) is 0.128. The van der Waals surface area contributed by atoms with Crippen LogP contribution in [0.3, 0.4) is 0 Å². The predicted octanol–water partition coefficient (Wildman–Crippen LogP) is 1.48. The molecule has 4 rings (SSSR count). The molecule has 0 aromatic carbocycles. The second kappa shape index (κ2) is 10.7. The molecule has 1 saturated heterocycles. The third kappa shape index (κ3) is 6.33. The van der Waals surface area contributed by atoms with Crippen LogP contribution in [0.4, 0.5) is 5.13 Å². The van der Waals surface area contributed by atoms with Crippen LogP contribution in [0.2, 0.25) is 0 Å². The number of β-lactam (4-membered cyclic amide) rings is 1. The van der Waals surface area contributed by atoms with Crippen molar-refractivity contribution >= 4 is 51.7 Å². The lowest BCUT2D eigenvalue weighted by atomic mass is 10.1. The number of nitrogens with two attached hydrogens (primary N) is 1. The maximum Gasteiger partial charge on any atom is 0.353 e. The van der Waals surface area contributed by atoms with Crippen LogP contribution in [-0.2, 0) is 25.7 Å². The van der Waals surface area contributed by atoms with Crippen molar-refractivity contribution in [3.8, 4) is 0 Å². The molecular formula is C25H30N6O5S2. The minimum absolute atomic E-state index is 0.142. The number of pyridine rings is 1. The van der Waals surface area contributed by atoms with Crippen molar-refractivity contribution in [3.05, 3.63) is 53.4 Å². The maximum atomic E-state index is 13.2. The van der Waals surface area contributed by atoms with Crippen molar-refractivity contribution in [3.63, 3.8) is 0 Å². The van der Waals surface area contributed by atoms with E-state index in [-0.39, 0.29) is 27.8 Å². The monoisotopic (exact) mass is 558 g/mol. The minimum Gasteiger partial charge on any atom is -0.857 e. The first-order chi connectivity index (χ1) is 17.8. The number of oxime groups is 1. The lowest BCUT2D eigenvalue weighted by Gasteiger charge is -2.45. The number of fused-ring (bicyclic) bond motifs is 1. The van der Waals surface area contributed by atoms with E-state index < -0.39 is 29.1 Å². The van der Waals surface area contributed by atoms with Crippen molar-refractivity contribution in [1.82, 2.24) is 9.88 Å². The zero-order valence-electron chi connectivity index (χ0n) is 21.8. The summed E-state index contributed by atoms with van der Waals surface area (Å²) in [5, 5.41) is 18.6. The number of thiazole rings is 1. The molecule has 2 atom stereocenters. The summed E-state index contributed by atoms with van der Waals surface area (Å²) in [7, 11) is 0. The summed E-state index contributed by atoms with van der Waals surface area (Å²) in [6.07, 6.45) is 5.76. The van der Waals surface area contributed by atoms with Gasteiger partial charge in [0, 0.05) is 40.9 Å². The van der Waals surface area contributed by atoms with Gasteiger partial charge in [-0.25, -0.2) is 14.3 Å². The van der Waals surface area contributed by atoms with Crippen LogP contribution in [-0.4, -0.2) is 61.7 Å². The normalized spacial score (nSPS) is 20.4. The van der Waals surface area contributed by atoms with Crippen molar-refractivity contribution < 1.29 is 28.8 Å². The molecule has 2 aromatic heterocycles. The minimum atomic E-state index is -1.50. The van der Waals surface area contributed by atoms with Crippen LogP contribution >= 0.6 is 23.1 Å². The fourth-order valence-corrected chi connectivity index (χ4v) is 5.35. The van der Waals surface area contributed by atoms with Crippen LogP contribution in [0.1, 0.15) is 40.3 Å². The average Bonchev–Trinajstić information content (AvgIpc) is 3.28. The zero-order valence-corrected chi connectivity index (χ0v) is 23.4. The van der Waals surface area contributed by atoms with Crippen LogP contribution in [0, 0.1) is 0 Å². The first-order valence-electron chi connectivity index (χ1n) is 11.9. The Morgan fingerprint density at radius 2 is 1.97 bits per heavy atom. The number of amides is 1. The van der Waals surface area contributed by atoms with Gasteiger partial charge in [-0.1, -0.05) is 11.2 Å². The molecule has 1 amide bonds. The van der Waals surface area contributed by atoms with Gasteiger partial charge in [0.25, 0.3) is 5.91 Å². The van der Waals surface area contributed by atoms with E-state index in [1.54, 1.807) is 37.4 Å². The summed E-state index contributed by atoms with van der Waals surface area (Å²) in [6, 6.07) is 4.97. The number of nitrogens with zero attached hydrogens (tertiary/aromatic N) is 5. The topological polar surface area (TPSA) is 146 Å². The Kier molecular flexibility index (Phi) is 7.79. The Labute approximate surface area is 229 Å². The standard InChI is InChI=1S/C25H30N6O5S2/c1-24(2,3)35-22(34)25(4,5)36-29-17(16-14-38-23(26)27-16)19(32)28-18-20(33)31-12-15(13-37-21(18)31)11-30-9-7-6-8-10-30/h6-10,12,14,18,21H,11,13H2,1-5H3,(H2-,26,27,28,32)/b29-17+. The molecular weight excluding hydrogens is 528 g/mol. The predicted molar refractivity (Wildman–Crippen MR) is 143 cm³/mol. The summed E-state index contributed by atoms with van der Waals surface area (Å²) in [5.74, 6) is -1.02. The highest BCUT2D eigenvalue weighted by molar-refractivity contribution is 8.00. The number of aromatic nitrogens is 2. The summed E-state index contributed by atoms with van der Waals surface area (Å²) >= 11 is 2.66. The molecule has 13 heteroatoms. The molecule has 0 radical (unpaired) electrons. The van der Waals surface area contributed by atoms with Crippen LogP contribution < -0.4 is 15.4 Å². The Bertz CT molecular complexity index is 1300. The SMILES string of the molecule is CC(C)(C)OC(=O)C(C)(C)O/N=C(/C([O-])=NC1C(=O)N2C=C(C[n+]3ccccc3)CSC12)c1csc(N)n1. The van der Waals surface area contributed by atoms with Gasteiger partial charge in [0.1, 0.15) is 22.4 Å². The van der Waals surface area contributed by atoms with E-state index in [9.17, 15) is 14.7 Å². The highest BCUT2D eigenvalue weighted by atomic mass is 32.2. The second-order valence-electron chi connectivity index (χ2n) is 10.3. The molecule has 202 valence electrons. The number of thioether (sulfide) groups is 1. The van der Waals surface area contributed by atoms with Crippen LogP contribution in [0.15, 0.2) is 57.9 Å². The number of nitrogen functional groups attached to an aromatic ring is 1. The fourth-order valence-electron chi connectivity index (χ4n) is 3.56. The van der Waals surface area contributed by atoms with Crippen LogP contribution in [0.25, 0.3) is 0 Å². The van der Waals surface area contributed by atoms with Crippen molar-refractivity contribution in [2.75, 3.05) is 11.5 Å². The van der Waals surface area contributed by atoms with Crippen molar-refractivity contribution in [1.29, 1.82) is 0 Å². The molecule has 1 fully saturated rings. The number of rotatable bonds is 8. The zero-order chi connectivity index (χ0) is 27.7. The van der Waals surface area contributed by atoms with Gasteiger partial charge in [-0.3, -0.25) is 9.79 Å². The third-order valence-corrected chi connectivity index (χ3v) is 7.49. The molecule has 38 heavy (non-hydrogen) atoms. The molecule has 11 nitrogen and oxygen atoms in total. The van der Waals surface area contributed by atoms with Gasteiger partial charge in [0.05, 0.1) is 0 Å². The van der Waals surface area contributed by atoms with Gasteiger partial charge in [-0.15, -0.1) is 23.1 Å². The van der Waals surface area contributed by atoms with E-state index in [4.69, 9.17) is 15.3 Å². The Balaban J connectivity index is 1.52. The summed E-state index contributed by atoms with van der Waals surface area (Å²) in [6.45, 7) is 8.81. The van der Waals surface area contributed by atoms with E-state index in [0.717, 1.165) is 16.9 Å². The van der Waals surface area contributed by atoms with Crippen molar-refractivity contribution in [2.45, 2.75) is 63.8 Å². The average molecular weight is 559 g/mol. The lowest BCUT2D eigenvalue weighted by Crippen LogP contribution is -2.62. The van der Waals surface area contributed by atoms with E-state index in [1.165, 1.54) is 19.2 Å². The molecule has 2 aliphatic rings. The Morgan fingerprint density at radius 3 is 2.61 bits per heavy atom. The molecule has 0 bridgehead atoms. The van der Waals surface area contributed by atoms with Gasteiger partial charge in [0.15, 0.2) is 30.1 Å². The summed E-state index contributed by atoms with van der Waals surface area (Å²) in [4.78, 5) is 40.8. The van der Waals surface area contributed by atoms with Gasteiger partial charge < -0.3 is 25.3 Å². The smallest absolute Gasteiger partial charge is 0.353 e. The number of hydrogen-bond donors (Lipinski definition) is 1. The highest BCUT2D eigenvalue weighted by Crippen LogP contribution is 2.38. The second-order valence-corrected chi connectivity index (χ2v) is 12.3. The third-order valence-electron chi connectivity index (χ3n) is 5.45. The summed E-state index contributed by atoms with van der Waals surface area (Å²) in [5.41, 5.74) is 4.49. The number of ether oxygens (including phenoxy) is 1. The Morgan fingerprint density at radius 1 is 1.26 bits per heavy atom. The fraction of sp³-hybridized carbons (Fsp3) is 0.440. The highest BCUT2D eigenvalue weighted by Gasteiger charge is 2.49. The van der Waals surface area contributed by atoms with Gasteiger partial charge >= 0.3 is 5.97 Å². The van der Waals surface area contributed by atoms with E-state index in [0.29, 0.717) is 12.3 Å². The molecule has 0 spiro atoms. The first-order valence-corrected chi connectivity index (χ1v) is 13.8. The van der Waals surface area contributed by atoms with Crippen molar-refractivity contribution in [2.24, 2.45) is 10.1 Å².